The first kappa shape index (κ1) is 14.3. The maximum Gasteiger partial charge on any atom is 0.0764 e. The fraction of sp³-hybridized carbons (Fsp3) is 1.00. The highest BCUT2D eigenvalue weighted by Crippen LogP contribution is 2.47. The van der Waals surface area contributed by atoms with E-state index in [0.717, 1.165) is 45.3 Å². The first-order valence-corrected chi connectivity index (χ1v) is 7.27. The molecule has 0 bridgehead atoms. The summed E-state index contributed by atoms with van der Waals surface area (Å²) in [7, 11) is 0. The molecule has 2 atom stereocenters. The fourth-order valence-electron chi connectivity index (χ4n) is 3.54. The van der Waals surface area contributed by atoms with Crippen LogP contribution in [-0.2, 0) is 9.47 Å². The van der Waals surface area contributed by atoms with E-state index in [2.05, 4.69) is 6.92 Å². The Morgan fingerprint density at radius 3 is 2.56 bits per heavy atom. The Labute approximate surface area is 110 Å². The van der Waals surface area contributed by atoms with E-state index >= 15 is 0 Å². The SMILES string of the molecule is CCCC1CC(O)(C2(CN)CCOCC2)CCO1. The number of hydrogen-bond acceptors (Lipinski definition) is 4. The van der Waals surface area contributed by atoms with E-state index in [1.807, 2.05) is 0 Å². The van der Waals surface area contributed by atoms with Crippen LogP contribution in [0.5, 0.6) is 0 Å². The molecule has 2 aliphatic heterocycles. The van der Waals surface area contributed by atoms with Gasteiger partial charge in [0.15, 0.2) is 0 Å². The normalized spacial score (nSPS) is 36.5. The Morgan fingerprint density at radius 1 is 1.22 bits per heavy atom. The monoisotopic (exact) mass is 257 g/mol. The molecule has 0 aromatic carbocycles. The zero-order valence-corrected chi connectivity index (χ0v) is 11.5. The van der Waals surface area contributed by atoms with Crippen LogP contribution in [0.3, 0.4) is 0 Å². The average molecular weight is 257 g/mol. The van der Waals surface area contributed by atoms with Gasteiger partial charge in [0, 0.05) is 44.6 Å². The highest BCUT2D eigenvalue weighted by molar-refractivity contribution is 5.03. The van der Waals surface area contributed by atoms with Gasteiger partial charge in [0.05, 0.1) is 11.7 Å². The Hall–Kier alpha value is -0.160. The van der Waals surface area contributed by atoms with Crippen molar-refractivity contribution in [2.45, 2.75) is 57.2 Å². The van der Waals surface area contributed by atoms with Crippen LogP contribution in [0.15, 0.2) is 0 Å². The summed E-state index contributed by atoms with van der Waals surface area (Å²) in [5, 5.41) is 11.1. The summed E-state index contributed by atoms with van der Waals surface area (Å²) in [5.74, 6) is 0. The maximum absolute atomic E-state index is 11.1. The van der Waals surface area contributed by atoms with Gasteiger partial charge in [-0.05, 0) is 19.3 Å². The number of nitrogens with two attached hydrogens (primary N) is 1. The molecule has 0 aliphatic carbocycles. The molecule has 18 heavy (non-hydrogen) atoms. The summed E-state index contributed by atoms with van der Waals surface area (Å²) >= 11 is 0. The third kappa shape index (κ3) is 2.57. The molecule has 2 fully saturated rings. The van der Waals surface area contributed by atoms with Crippen molar-refractivity contribution in [3.8, 4) is 0 Å². The molecule has 4 heteroatoms. The van der Waals surface area contributed by atoms with Crippen molar-refractivity contribution < 1.29 is 14.6 Å². The fourth-order valence-corrected chi connectivity index (χ4v) is 3.54. The average Bonchev–Trinajstić information content (AvgIpc) is 2.40. The zero-order chi connectivity index (χ0) is 13.1. The molecule has 106 valence electrons. The molecule has 2 aliphatic rings. The molecule has 2 rings (SSSR count). The van der Waals surface area contributed by atoms with Gasteiger partial charge in [-0.25, -0.2) is 0 Å². The Morgan fingerprint density at radius 2 is 1.94 bits per heavy atom. The van der Waals surface area contributed by atoms with Crippen molar-refractivity contribution in [1.29, 1.82) is 0 Å². The third-order valence-electron chi connectivity index (χ3n) is 4.87. The molecule has 0 amide bonds. The molecule has 3 N–H and O–H groups in total. The first-order valence-electron chi connectivity index (χ1n) is 7.27. The number of rotatable bonds is 4. The Balaban J connectivity index is 2.11. The lowest BCUT2D eigenvalue weighted by atomic mass is 9.62. The molecule has 0 aromatic heterocycles. The van der Waals surface area contributed by atoms with Gasteiger partial charge in [-0.15, -0.1) is 0 Å². The number of aliphatic hydroxyl groups is 1. The molecule has 4 nitrogen and oxygen atoms in total. The maximum atomic E-state index is 11.1. The highest BCUT2D eigenvalue weighted by atomic mass is 16.5. The largest absolute Gasteiger partial charge is 0.389 e. The molecular weight excluding hydrogens is 230 g/mol. The van der Waals surface area contributed by atoms with E-state index in [9.17, 15) is 5.11 Å². The summed E-state index contributed by atoms with van der Waals surface area (Å²) in [6, 6.07) is 0. The van der Waals surface area contributed by atoms with Crippen LogP contribution in [0.2, 0.25) is 0 Å². The van der Waals surface area contributed by atoms with Crippen molar-refractivity contribution in [2.75, 3.05) is 26.4 Å². The lowest BCUT2D eigenvalue weighted by Gasteiger charge is -2.52. The molecular formula is C14H27NO3. The third-order valence-corrected chi connectivity index (χ3v) is 4.87. The molecule has 2 unspecified atom stereocenters. The van der Waals surface area contributed by atoms with Crippen LogP contribution in [0.25, 0.3) is 0 Å². The summed E-state index contributed by atoms with van der Waals surface area (Å²) in [6.07, 6.45) is 5.51. The molecule has 0 spiro atoms. The van der Waals surface area contributed by atoms with Gasteiger partial charge in [0.2, 0.25) is 0 Å². The van der Waals surface area contributed by atoms with Crippen LogP contribution in [0.1, 0.15) is 45.4 Å². The number of hydrogen-bond donors (Lipinski definition) is 2. The van der Waals surface area contributed by atoms with Crippen LogP contribution in [0, 0.1) is 5.41 Å². The van der Waals surface area contributed by atoms with E-state index in [4.69, 9.17) is 15.2 Å². The van der Waals surface area contributed by atoms with Gasteiger partial charge in [-0.2, -0.15) is 0 Å². The predicted octanol–water partition coefficient (Wildman–Crippen LogP) is 1.45. The lowest BCUT2D eigenvalue weighted by molar-refractivity contribution is -0.189. The molecule has 0 aromatic rings. The van der Waals surface area contributed by atoms with Gasteiger partial charge in [-0.1, -0.05) is 13.3 Å². The molecule has 2 saturated heterocycles. The van der Waals surface area contributed by atoms with Crippen LogP contribution in [-0.4, -0.2) is 43.2 Å². The van der Waals surface area contributed by atoms with E-state index in [1.54, 1.807) is 0 Å². The van der Waals surface area contributed by atoms with E-state index < -0.39 is 5.60 Å². The van der Waals surface area contributed by atoms with Gasteiger partial charge in [0.25, 0.3) is 0 Å². The van der Waals surface area contributed by atoms with Crippen molar-refractivity contribution in [3.63, 3.8) is 0 Å². The highest BCUT2D eigenvalue weighted by Gasteiger charge is 2.52. The second-order valence-corrected chi connectivity index (χ2v) is 5.86. The summed E-state index contributed by atoms with van der Waals surface area (Å²) < 4.78 is 11.2. The van der Waals surface area contributed by atoms with E-state index in [-0.39, 0.29) is 11.5 Å². The second kappa shape index (κ2) is 5.87. The van der Waals surface area contributed by atoms with E-state index in [1.165, 1.54) is 0 Å². The predicted molar refractivity (Wildman–Crippen MR) is 70.4 cm³/mol. The summed E-state index contributed by atoms with van der Waals surface area (Å²) in [4.78, 5) is 0. The quantitative estimate of drug-likeness (QED) is 0.800. The van der Waals surface area contributed by atoms with Gasteiger partial charge in [-0.3, -0.25) is 0 Å². The molecule has 0 saturated carbocycles. The van der Waals surface area contributed by atoms with Crippen molar-refractivity contribution in [2.24, 2.45) is 11.1 Å². The van der Waals surface area contributed by atoms with E-state index in [0.29, 0.717) is 19.6 Å². The minimum atomic E-state index is -0.663. The zero-order valence-electron chi connectivity index (χ0n) is 11.5. The minimum absolute atomic E-state index is 0.166. The van der Waals surface area contributed by atoms with Gasteiger partial charge in [0.1, 0.15) is 0 Å². The standard InChI is InChI=1S/C14H27NO3/c1-2-3-12-10-14(16,6-9-18-12)13(11-15)4-7-17-8-5-13/h12,16H,2-11,15H2,1H3. The topological polar surface area (TPSA) is 64.7 Å². The van der Waals surface area contributed by atoms with Gasteiger partial charge < -0.3 is 20.3 Å². The van der Waals surface area contributed by atoms with Crippen molar-refractivity contribution in [3.05, 3.63) is 0 Å². The van der Waals surface area contributed by atoms with Crippen molar-refractivity contribution in [1.82, 2.24) is 0 Å². The van der Waals surface area contributed by atoms with Crippen molar-refractivity contribution >= 4 is 0 Å². The minimum Gasteiger partial charge on any atom is -0.389 e. The number of ether oxygens (including phenoxy) is 2. The molecule has 0 radical (unpaired) electrons. The summed E-state index contributed by atoms with van der Waals surface area (Å²) in [5.41, 5.74) is 5.19. The Kier molecular flexibility index (Phi) is 4.64. The smallest absolute Gasteiger partial charge is 0.0764 e. The lowest BCUT2D eigenvalue weighted by Crippen LogP contribution is -2.59. The molecule has 2 heterocycles. The Bertz CT molecular complexity index is 264. The van der Waals surface area contributed by atoms with Crippen LogP contribution >= 0.6 is 0 Å². The second-order valence-electron chi connectivity index (χ2n) is 5.86. The summed E-state index contributed by atoms with van der Waals surface area (Å²) in [6.45, 7) is 4.80. The van der Waals surface area contributed by atoms with Crippen LogP contribution in [0.4, 0.5) is 0 Å². The van der Waals surface area contributed by atoms with Gasteiger partial charge >= 0.3 is 0 Å². The first-order chi connectivity index (χ1) is 8.66. The van der Waals surface area contributed by atoms with Crippen LogP contribution < -0.4 is 5.73 Å².